The van der Waals surface area contributed by atoms with E-state index < -0.39 is 0 Å². The van der Waals surface area contributed by atoms with Gasteiger partial charge in [-0.1, -0.05) is 0 Å². The van der Waals surface area contributed by atoms with Gasteiger partial charge in [0, 0.05) is 11.5 Å². The second-order valence-corrected chi connectivity index (χ2v) is 3.07. The number of nitrogens with one attached hydrogen (secondary N) is 1. The van der Waals surface area contributed by atoms with Crippen molar-refractivity contribution in [3.05, 3.63) is 40.2 Å². The van der Waals surface area contributed by atoms with E-state index in [-0.39, 0.29) is 11.3 Å². The minimum absolute atomic E-state index is 0.118. The third-order valence-electron chi connectivity index (χ3n) is 1.95. The number of rotatable bonds is 0. The van der Waals surface area contributed by atoms with Crippen molar-refractivity contribution in [2.75, 3.05) is 0 Å². The second-order valence-electron chi connectivity index (χ2n) is 3.07. The van der Waals surface area contributed by atoms with Crippen LogP contribution in [0.25, 0.3) is 10.9 Å². The molecule has 13 heavy (non-hydrogen) atoms. The first-order chi connectivity index (χ1) is 6.16. The Kier molecular flexibility index (Phi) is 1.59. The number of H-pyrrole nitrogens is 1. The molecule has 0 atom stereocenters. The molecule has 1 aromatic carbocycles. The van der Waals surface area contributed by atoms with Crippen LogP contribution in [0.3, 0.4) is 0 Å². The summed E-state index contributed by atoms with van der Waals surface area (Å²) in [7, 11) is 0. The number of phenolic OH excluding ortho intramolecular Hbond substituents is 1. The summed E-state index contributed by atoms with van der Waals surface area (Å²) in [6.45, 7) is 1.89. The van der Waals surface area contributed by atoms with E-state index in [0.717, 1.165) is 10.9 Å². The van der Waals surface area contributed by atoms with Gasteiger partial charge in [-0.25, -0.2) is 0 Å². The Balaban J connectivity index is 2.95. The number of phenols is 1. The average molecular weight is 175 g/mol. The molecule has 2 N–H and O–H groups in total. The van der Waals surface area contributed by atoms with Crippen molar-refractivity contribution >= 4 is 10.9 Å². The standard InChI is InChI=1S/C10H9NO2/c1-6-4-7-2-3-9(13)11-10(7)8(12)5-6/h2-5,12H,1H3,(H,11,13). The molecule has 0 spiro atoms. The first-order valence-electron chi connectivity index (χ1n) is 3.99. The van der Waals surface area contributed by atoms with E-state index in [0.29, 0.717) is 5.52 Å². The summed E-state index contributed by atoms with van der Waals surface area (Å²) in [4.78, 5) is 13.5. The van der Waals surface area contributed by atoms with Crippen molar-refractivity contribution in [2.45, 2.75) is 6.92 Å². The van der Waals surface area contributed by atoms with E-state index in [1.807, 2.05) is 13.0 Å². The van der Waals surface area contributed by atoms with Gasteiger partial charge < -0.3 is 10.1 Å². The van der Waals surface area contributed by atoms with Crippen LogP contribution in [0.1, 0.15) is 5.56 Å². The van der Waals surface area contributed by atoms with E-state index in [4.69, 9.17) is 0 Å². The number of fused-ring (bicyclic) bond motifs is 1. The number of pyridine rings is 1. The van der Waals surface area contributed by atoms with Gasteiger partial charge in [-0.05, 0) is 30.7 Å². The fourth-order valence-electron chi connectivity index (χ4n) is 1.39. The predicted molar refractivity (Wildman–Crippen MR) is 51.0 cm³/mol. The van der Waals surface area contributed by atoms with Crippen molar-refractivity contribution < 1.29 is 5.11 Å². The van der Waals surface area contributed by atoms with Crippen LogP contribution in [0, 0.1) is 6.92 Å². The van der Waals surface area contributed by atoms with Crippen LogP contribution in [0.4, 0.5) is 0 Å². The van der Waals surface area contributed by atoms with Gasteiger partial charge in [0.05, 0.1) is 5.52 Å². The summed E-state index contributed by atoms with van der Waals surface area (Å²) in [6.07, 6.45) is 0. The van der Waals surface area contributed by atoms with Crippen molar-refractivity contribution in [3.63, 3.8) is 0 Å². The van der Waals surface area contributed by atoms with E-state index >= 15 is 0 Å². The first-order valence-corrected chi connectivity index (χ1v) is 3.99. The molecule has 1 heterocycles. The molecule has 3 heteroatoms. The minimum Gasteiger partial charge on any atom is -0.506 e. The molecule has 3 nitrogen and oxygen atoms in total. The SMILES string of the molecule is Cc1cc(O)c2[nH]c(=O)ccc2c1. The second kappa shape index (κ2) is 2.62. The molecule has 0 unspecified atom stereocenters. The third kappa shape index (κ3) is 1.28. The molecule has 2 aromatic rings. The quantitative estimate of drug-likeness (QED) is 0.638. The summed E-state index contributed by atoms with van der Waals surface area (Å²) in [5, 5.41) is 10.4. The lowest BCUT2D eigenvalue weighted by Gasteiger charge is -2.01. The Morgan fingerprint density at radius 3 is 2.85 bits per heavy atom. The van der Waals surface area contributed by atoms with E-state index in [2.05, 4.69) is 4.98 Å². The number of benzene rings is 1. The lowest BCUT2D eigenvalue weighted by molar-refractivity contribution is 0.480. The maximum absolute atomic E-state index is 11.0. The molecule has 66 valence electrons. The van der Waals surface area contributed by atoms with Gasteiger partial charge in [0.15, 0.2) is 0 Å². The van der Waals surface area contributed by atoms with Crippen LogP contribution in [0.15, 0.2) is 29.1 Å². The Hall–Kier alpha value is -1.77. The molecule has 2 rings (SSSR count). The molecule has 0 aliphatic heterocycles. The number of aryl methyl sites for hydroxylation is 1. The Labute approximate surface area is 74.7 Å². The van der Waals surface area contributed by atoms with Crippen LogP contribution in [-0.4, -0.2) is 10.1 Å². The molecule has 0 aliphatic carbocycles. The summed E-state index contributed by atoms with van der Waals surface area (Å²) in [5.41, 5.74) is 1.27. The maximum atomic E-state index is 11.0. The fourth-order valence-corrected chi connectivity index (χ4v) is 1.39. The zero-order valence-electron chi connectivity index (χ0n) is 7.16. The lowest BCUT2D eigenvalue weighted by atomic mass is 10.1. The zero-order chi connectivity index (χ0) is 9.42. The topological polar surface area (TPSA) is 53.1 Å². The maximum Gasteiger partial charge on any atom is 0.248 e. The number of aromatic nitrogens is 1. The van der Waals surface area contributed by atoms with Crippen LogP contribution in [0.2, 0.25) is 0 Å². The highest BCUT2D eigenvalue weighted by molar-refractivity contribution is 5.84. The van der Waals surface area contributed by atoms with Gasteiger partial charge in [-0.3, -0.25) is 4.79 Å². The number of hydrogen-bond acceptors (Lipinski definition) is 2. The molecular weight excluding hydrogens is 166 g/mol. The number of aromatic amines is 1. The van der Waals surface area contributed by atoms with E-state index in [1.165, 1.54) is 6.07 Å². The smallest absolute Gasteiger partial charge is 0.248 e. The Morgan fingerprint density at radius 2 is 2.08 bits per heavy atom. The molecule has 0 aliphatic rings. The van der Waals surface area contributed by atoms with Crippen LogP contribution < -0.4 is 5.56 Å². The summed E-state index contributed by atoms with van der Waals surface area (Å²) >= 11 is 0. The highest BCUT2D eigenvalue weighted by Crippen LogP contribution is 2.22. The largest absolute Gasteiger partial charge is 0.506 e. The van der Waals surface area contributed by atoms with Gasteiger partial charge in [-0.15, -0.1) is 0 Å². The molecule has 0 radical (unpaired) electrons. The molecule has 0 saturated heterocycles. The van der Waals surface area contributed by atoms with E-state index in [9.17, 15) is 9.90 Å². The molecule has 0 amide bonds. The predicted octanol–water partition coefficient (Wildman–Crippen LogP) is 1.54. The minimum atomic E-state index is -0.202. The average Bonchev–Trinajstić information content (AvgIpc) is 2.06. The monoisotopic (exact) mass is 175 g/mol. The highest BCUT2D eigenvalue weighted by Gasteiger charge is 2.00. The third-order valence-corrected chi connectivity index (χ3v) is 1.95. The van der Waals surface area contributed by atoms with Gasteiger partial charge in [0.2, 0.25) is 5.56 Å². The van der Waals surface area contributed by atoms with Crippen molar-refractivity contribution in [3.8, 4) is 5.75 Å². The van der Waals surface area contributed by atoms with Gasteiger partial charge in [-0.2, -0.15) is 0 Å². The summed E-state index contributed by atoms with van der Waals surface area (Å²) in [6, 6.07) is 6.67. The molecule has 0 fully saturated rings. The first kappa shape index (κ1) is 7.86. The van der Waals surface area contributed by atoms with Crippen LogP contribution in [0.5, 0.6) is 5.75 Å². The normalized spacial score (nSPS) is 10.5. The molecule has 0 saturated carbocycles. The summed E-state index contributed by atoms with van der Waals surface area (Å²) in [5.74, 6) is 0.118. The molecule has 0 bridgehead atoms. The van der Waals surface area contributed by atoms with Crippen molar-refractivity contribution in [2.24, 2.45) is 0 Å². The van der Waals surface area contributed by atoms with Gasteiger partial charge in [0.1, 0.15) is 5.75 Å². The van der Waals surface area contributed by atoms with Crippen LogP contribution >= 0.6 is 0 Å². The summed E-state index contributed by atoms with van der Waals surface area (Å²) < 4.78 is 0. The van der Waals surface area contributed by atoms with Crippen molar-refractivity contribution in [1.29, 1.82) is 0 Å². The Bertz CT molecular complexity index is 514. The lowest BCUT2D eigenvalue weighted by Crippen LogP contribution is -2.02. The van der Waals surface area contributed by atoms with Crippen LogP contribution in [-0.2, 0) is 0 Å². The van der Waals surface area contributed by atoms with Gasteiger partial charge in [0.25, 0.3) is 0 Å². The van der Waals surface area contributed by atoms with Crippen molar-refractivity contribution in [1.82, 2.24) is 4.98 Å². The fraction of sp³-hybridized carbons (Fsp3) is 0.100. The number of aromatic hydroxyl groups is 1. The zero-order valence-corrected chi connectivity index (χ0v) is 7.16. The number of hydrogen-bond donors (Lipinski definition) is 2. The molecule has 1 aromatic heterocycles. The van der Waals surface area contributed by atoms with Gasteiger partial charge >= 0.3 is 0 Å². The Morgan fingerprint density at radius 1 is 1.31 bits per heavy atom. The molecular formula is C10H9NO2. The highest BCUT2D eigenvalue weighted by atomic mass is 16.3. The van der Waals surface area contributed by atoms with E-state index in [1.54, 1.807) is 12.1 Å².